The number of nitrogens with zero attached hydrogens (tertiary/aromatic N) is 2. The molecule has 206 valence electrons. The summed E-state index contributed by atoms with van der Waals surface area (Å²) in [7, 11) is 2.18. The van der Waals surface area contributed by atoms with E-state index in [4.69, 9.17) is 11.6 Å². The van der Waals surface area contributed by atoms with Crippen LogP contribution in [0.2, 0.25) is 5.02 Å². The Kier molecular flexibility index (Phi) is 9.93. The fourth-order valence-electron chi connectivity index (χ4n) is 6.65. The number of carbonyl (C=O) groups excluding carboxylic acids is 2. The molecule has 1 aliphatic carbocycles. The number of likely N-dealkylation sites (tertiary alicyclic amines) is 2. The summed E-state index contributed by atoms with van der Waals surface area (Å²) >= 11 is 6.12. The Bertz CT molecular complexity index is 891. The van der Waals surface area contributed by atoms with Crippen molar-refractivity contribution in [1.82, 2.24) is 20.4 Å². The standard InChI is InChI=1S/C30H47ClN4O2/c1-22(2)28(36)33-30(24-8-5-4-6-9-24)15-18-35(19-16-30)29(37)27(20-23-11-13-25(31)14-12-23)32-21-26-10-7-17-34(26)3/h11-14,22,24,26-27,32H,4-10,15-21H2,1-3H3,(H,33,36)/t26-,27-/m1/s1. The first-order valence-corrected chi connectivity index (χ1v) is 14.9. The van der Waals surface area contributed by atoms with Crippen molar-refractivity contribution in [2.45, 2.75) is 95.7 Å². The third kappa shape index (κ3) is 7.27. The van der Waals surface area contributed by atoms with Crippen LogP contribution in [0.3, 0.4) is 0 Å². The quantitative estimate of drug-likeness (QED) is 0.488. The lowest BCUT2D eigenvalue weighted by atomic mass is 9.69. The first-order valence-electron chi connectivity index (χ1n) is 14.6. The van der Waals surface area contributed by atoms with Gasteiger partial charge in [-0.05, 0) is 82.2 Å². The van der Waals surface area contributed by atoms with E-state index < -0.39 is 0 Å². The molecule has 2 saturated heterocycles. The number of rotatable bonds is 9. The van der Waals surface area contributed by atoms with E-state index in [9.17, 15) is 9.59 Å². The highest BCUT2D eigenvalue weighted by atomic mass is 35.5. The van der Waals surface area contributed by atoms with Gasteiger partial charge >= 0.3 is 0 Å². The highest BCUT2D eigenvalue weighted by molar-refractivity contribution is 6.30. The number of hydrogen-bond acceptors (Lipinski definition) is 4. The fourth-order valence-corrected chi connectivity index (χ4v) is 6.77. The molecule has 0 aromatic heterocycles. The summed E-state index contributed by atoms with van der Waals surface area (Å²) < 4.78 is 0. The summed E-state index contributed by atoms with van der Waals surface area (Å²) in [5.74, 6) is 0.820. The van der Waals surface area contributed by atoms with Gasteiger partial charge in [0.1, 0.15) is 0 Å². The molecule has 2 heterocycles. The lowest BCUT2D eigenvalue weighted by Gasteiger charge is -2.49. The van der Waals surface area contributed by atoms with Gasteiger partial charge in [0, 0.05) is 42.2 Å². The van der Waals surface area contributed by atoms with Crippen LogP contribution < -0.4 is 10.6 Å². The van der Waals surface area contributed by atoms with Gasteiger partial charge in [-0.3, -0.25) is 9.59 Å². The van der Waals surface area contributed by atoms with Gasteiger partial charge in [0.2, 0.25) is 11.8 Å². The highest BCUT2D eigenvalue weighted by Gasteiger charge is 2.44. The second kappa shape index (κ2) is 12.9. The number of benzene rings is 1. The van der Waals surface area contributed by atoms with Crippen LogP contribution in [0.25, 0.3) is 0 Å². The van der Waals surface area contributed by atoms with Crippen molar-refractivity contribution in [2.75, 3.05) is 33.2 Å². The van der Waals surface area contributed by atoms with Gasteiger partial charge in [-0.15, -0.1) is 0 Å². The number of likely N-dealkylation sites (N-methyl/N-ethyl adjacent to an activating group) is 1. The summed E-state index contributed by atoms with van der Waals surface area (Å²) in [6, 6.07) is 8.07. The number of hydrogen-bond donors (Lipinski definition) is 2. The Morgan fingerprint density at radius 2 is 1.68 bits per heavy atom. The topological polar surface area (TPSA) is 64.7 Å². The number of carbonyl (C=O) groups is 2. The Hall–Kier alpha value is -1.63. The van der Waals surface area contributed by atoms with Crippen LogP contribution in [0.5, 0.6) is 0 Å². The van der Waals surface area contributed by atoms with Crippen LogP contribution in [-0.2, 0) is 16.0 Å². The van der Waals surface area contributed by atoms with Crippen molar-refractivity contribution < 1.29 is 9.59 Å². The molecule has 0 bridgehead atoms. The Labute approximate surface area is 228 Å². The van der Waals surface area contributed by atoms with E-state index in [1.54, 1.807) is 0 Å². The van der Waals surface area contributed by atoms with Gasteiger partial charge in [-0.1, -0.05) is 56.8 Å². The maximum absolute atomic E-state index is 13.9. The van der Waals surface area contributed by atoms with E-state index in [0.29, 0.717) is 36.5 Å². The minimum atomic E-state index is -0.261. The first kappa shape index (κ1) is 28.4. The average molecular weight is 531 g/mol. The zero-order valence-corrected chi connectivity index (χ0v) is 23.9. The molecule has 6 nitrogen and oxygen atoms in total. The fraction of sp³-hybridized carbons (Fsp3) is 0.733. The molecule has 2 aliphatic heterocycles. The molecule has 1 saturated carbocycles. The van der Waals surface area contributed by atoms with Gasteiger partial charge in [-0.25, -0.2) is 0 Å². The minimum Gasteiger partial charge on any atom is -0.350 e. The predicted octanol–water partition coefficient (Wildman–Crippen LogP) is 4.65. The highest BCUT2D eigenvalue weighted by Crippen LogP contribution is 2.39. The average Bonchev–Trinajstić information content (AvgIpc) is 3.32. The molecule has 0 spiro atoms. The van der Waals surface area contributed by atoms with Crippen molar-refractivity contribution in [1.29, 1.82) is 0 Å². The smallest absolute Gasteiger partial charge is 0.240 e. The van der Waals surface area contributed by atoms with Crippen LogP contribution >= 0.6 is 11.6 Å². The first-order chi connectivity index (χ1) is 17.8. The predicted molar refractivity (Wildman–Crippen MR) is 151 cm³/mol. The Morgan fingerprint density at radius 3 is 2.27 bits per heavy atom. The number of nitrogens with one attached hydrogen (secondary N) is 2. The van der Waals surface area contributed by atoms with Crippen molar-refractivity contribution in [3.63, 3.8) is 0 Å². The van der Waals surface area contributed by atoms with Gasteiger partial charge in [0.15, 0.2) is 0 Å². The van der Waals surface area contributed by atoms with Crippen LogP contribution in [0.15, 0.2) is 24.3 Å². The Balaban J connectivity index is 1.45. The summed E-state index contributed by atoms with van der Waals surface area (Å²) in [4.78, 5) is 31.2. The number of piperidine rings is 1. The molecule has 2 amide bonds. The van der Waals surface area contributed by atoms with Gasteiger partial charge in [0.05, 0.1) is 6.04 Å². The van der Waals surface area contributed by atoms with Gasteiger partial charge in [0.25, 0.3) is 0 Å². The summed E-state index contributed by atoms with van der Waals surface area (Å²) in [5.41, 5.74) is 0.942. The molecular weight excluding hydrogens is 484 g/mol. The molecule has 7 heteroatoms. The third-order valence-electron chi connectivity index (χ3n) is 9.17. The molecular formula is C30H47ClN4O2. The molecule has 3 aliphatic rings. The van der Waals surface area contributed by atoms with Gasteiger partial charge in [-0.2, -0.15) is 0 Å². The molecule has 2 N–H and O–H groups in total. The molecule has 4 rings (SSSR count). The van der Waals surface area contributed by atoms with E-state index in [1.165, 1.54) is 44.9 Å². The third-order valence-corrected chi connectivity index (χ3v) is 9.43. The lowest BCUT2D eigenvalue weighted by Crippen LogP contribution is -2.62. The van der Waals surface area contributed by atoms with E-state index in [-0.39, 0.29) is 29.3 Å². The van der Waals surface area contributed by atoms with E-state index in [0.717, 1.165) is 31.5 Å². The summed E-state index contributed by atoms with van der Waals surface area (Å²) in [5, 5.41) is 7.85. The lowest BCUT2D eigenvalue weighted by molar-refractivity contribution is -0.136. The van der Waals surface area contributed by atoms with Crippen molar-refractivity contribution in [3.8, 4) is 0 Å². The molecule has 2 atom stereocenters. The van der Waals surface area contributed by atoms with Crippen LogP contribution in [0, 0.1) is 11.8 Å². The van der Waals surface area contributed by atoms with Crippen molar-refractivity contribution in [2.24, 2.45) is 11.8 Å². The second-order valence-corrected chi connectivity index (χ2v) is 12.5. The van der Waals surface area contributed by atoms with Gasteiger partial charge < -0.3 is 20.4 Å². The summed E-state index contributed by atoms with van der Waals surface area (Å²) in [6.45, 7) is 7.30. The van der Waals surface area contributed by atoms with Crippen LogP contribution in [0.4, 0.5) is 0 Å². The number of halogens is 1. The maximum Gasteiger partial charge on any atom is 0.240 e. The zero-order valence-electron chi connectivity index (χ0n) is 23.1. The van der Waals surface area contributed by atoms with Crippen molar-refractivity contribution in [3.05, 3.63) is 34.9 Å². The monoisotopic (exact) mass is 530 g/mol. The molecule has 0 radical (unpaired) electrons. The van der Waals surface area contributed by atoms with E-state index in [2.05, 4.69) is 27.5 Å². The van der Waals surface area contributed by atoms with E-state index in [1.807, 2.05) is 38.1 Å². The minimum absolute atomic E-state index is 0.0261. The SMILES string of the molecule is CC(C)C(=O)NC1(C2CCCCC2)CCN(C(=O)[C@@H](Cc2ccc(Cl)cc2)NC[C@H]2CCCN2C)CC1. The summed E-state index contributed by atoms with van der Waals surface area (Å²) in [6.07, 6.45) is 10.9. The number of amides is 2. The maximum atomic E-state index is 13.9. The molecule has 0 unspecified atom stereocenters. The molecule has 1 aromatic rings. The molecule has 3 fully saturated rings. The molecule has 37 heavy (non-hydrogen) atoms. The Morgan fingerprint density at radius 1 is 1.00 bits per heavy atom. The second-order valence-electron chi connectivity index (χ2n) is 12.0. The molecule has 1 aromatic carbocycles. The van der Waals surface area contributed by atoms with Crippen LogP contribution in [-0.4, -0.2) is 72.5 Å². The largest absolute Gasteiger partial charge is 0.350 e. The zero-order chi connectivity index (χ0) is 26.4. The normalized spacial score (nSPS) is 23.8. The van der Waals surface area contributed by atoms with Crippen molar-refractivity contribution >= 4 is 23.4 Å². The van der Waals surface area contributed by atoms with Crippen LogP contribution in [0.1, 0.15) is 77.2 Å². The van der Waals surface area contributed by atoms with E-state index >= 15 is 0 Å².